The van der Waals surface area contributed by atoms with Gasteiger partial charge in [0.15, 0.2) is 5.82 Å². The van der Waals surface area contributed by atoms with Crippen LogP contribution in [0.25, 0.3) is 0 Å². The van der Waals surface area contributed by atoms with Crippen molar-refractivity contribution in [3.8, 4) is 0 Å². The zero-order valence-corrected chi connectivity index (χ0v) is 13.8. The number of carbonyl (C=O) groups is 2. The SMILES string of the molecule is CCCc1noc(CCCC(=O)N2CCC(C)CC2C(=O)O)n1. The molecule has 1 aliphatic rings. The topological polar surface area (TPSA) is 96.5 Å². The molecule has 1 amide bonds. The number of nitrogens with zero attached hydrogens (tertiary/aromatic N) is 3. The van der Waals surface area contributed by atoms with E-state index in [4.69, 9.17) is 4.52 Å². The fourth-order valence-electron chi connectivity index (χ4n) is 2.93. The third-order valence-electron chi connectivity index (χ3n) is 4.24. The summed E-state index contributed by atoms with van der Waals surface area (Å²) < 4.78 is 5.14. The van der Waals surface area contributed by atoms with Crippen LogP contribution >= 0.6 is 0 Å². The van der Waals surface area contributed by atoms with Crippen molar-refractivity contribution in [2.24, 2.45) is 5.92 Å². The van der Waals surface area contributed by atoms with Crippen LogP contribution in [-0.4, -0.2) is 44.6 Å². The summed E-state index contributed by atoms with van der Waals surface area (Å²) >= 11 is 0. The van der Waals surface area contributed by atoms with Crippen molar-refractivity contribution in [3.63, 3.8) is 0 Å². The number of carboxylic acids is 1. The van der Waals surface area contributed by atoms with Crippen LogP contribution in [0.15, 0.2) is 4.52 Å². The van der Waals surface area contributed by atoms with Crippen LogP contribution in [-0.2, 0) is 22.4 Å². The molecule has 1 saturated heterocycles. The Kier molecular flexibility index (Phi) is 6.12. The summed E-state index contributed by atoms with van der Waals surface area (Å²) in [6.07, 6.45) is 4.58. The minimum Gasteiger partial charge on any atom is -0.480 e. The third kappa shape index (κ3) is 4.77. The average molecular weight is 323 g/mol. The number of aliphatic carboxylic acids is 1. The lowest BCUT2D eigenvalue weighted by Crippen LogP contribution is -2.49. The molecule has 1 aliphatic heterocycles. The van der Waals surface area contributed by atoms with Crippen LogP contribution in [0.4, 0.5) is 0 Å². The van der Waals surface area contributed by atoms with E-state index in [0.717, 1.165) is 19.3 Å². The Hall–Kier alpha value is -1.92. The Morgan fingerprint density at radius 3 is 2.87 bits per heavy atom. The molecule has 23 heavy (non-hydrogen) atoms. The maximum atomic E-state index is 12.3. The molecule has 0 radical (unpaired) electrons. The molecule has 0 aliphatic carbocycles. The number of hydrogen-bond acceptors (Lipinski definition) is 5. The average Bonchev–Trinajstić information content (AvgIpc) is 2.95. The minimum absolute atomic E-state index is 0.0994. The molecule has 0 aromatic carbocycles. The van der Waals surface area contributed by atoms with Crippen molar-refractivity contribution < 1.29 is 19.2 Å². The van der Waals surface area contributed by atoms with Crippen molar-refractivity contribution in [1.82, 2.24) is 15.0 Å². The van der Waals surface area contributed by atoms with E-state index in [-0.39, 0.29) is 5.91 Å². The molecule has 2 heterocycles. The van der Waals surface area contributed by atoms with E-state index in [1.165, 1.54) is 4.90 Å². The summed E-state index contributed by atoms with van der Waals surface area (Å²) in [4.78, 5) is 29.4. The zero-order chi connectivity index (χ0) is 16.8. The van der Waals surface area contributed by atoms with E-state index >= 15 is 0 Å². The van der Waals surface area contributed by atoms with Gasteiger partial charge in [-0.15, -0.1) is 0 Å². The first-order valence-electron chi connectivity index (χ1n) is 8.35. The van der Waals surface area contributed by atoms with Crippen molar-refractivity contribution in [2.45, 2.75) is 64.8 Å². The van der Waals surface area contributed by atoms with Gasteiger partial charge in [-0.25, -0.2) is 4.79 Å². The molecular formula is C16H25N3O4. The van der Waals surface area contributed by atoms with Crippen LogP contribution in [0.2, 0.25) is 0 Å². The Bertz CT molecular complexity index is 543. The number of likely N-dealkylation sites (tertiary alicyclic amines) is 1. The third-order valence-corrected chi connectivity index (χ3v) is 4.24. The number of rotatable bonds is 7. The molecule has 2 unspecified atom stereocenters. The van der Waals surface area contributed by atoms with E-state index in [0.29, 0.717) is 49.9 Å². The molecule has 7 heteroatoms. The summed E-state index contributed by atoms with van der Waals surface area (Å²) in [5.74, 6) is 0.576. The number of carboxylic acid groups (broad SMARTS) is 1. The largest absolute Gasteiger partial charge is 0.480 e. The molecule has 0 spiro atoms. The highest BCUT2D eigenvalue weighted by Gasteiger charge is 2.34. The monoisotopic (exact) mass is 323 g/mol. The fraction of sp³-hybridized carbons (Fsp3) is 0.750. The van der Waals surface area contributed by atoms with E-state index < -0.39 is 12.0 Å². The Morgan fingerprint density at radius 1 is 1.39 bits per heavy atom. The Balaban J connectivity index is 1.82. The lowest BCUT2D eigenvalue weighted by Gasteiger charge is -2.36. The van der Waals surface area contributed by atoms with Crippen molar-refractivity contribution in [1.29, 1.82) is 0 Å². The number of aromatic nitrogens is 2. The maximum absolute atomic E-state index is 12.3. The van der Waals surface area contributed by atoms with Crippen LogP contribution in [0.3, 0.4) is 0 Å². The molecule has 0 saturated carbocycles. The van der Waals surface area contributed by atoms with Crippen molar-refractivity contribution >= 4 is 11.9 Å². The van der Waals surface area contributed by atoms with Crippen LogP contribution in [0.5, 0.6) is 0 Å². The quantitative estimate of drug-likeness (QED) is 0.825. The lowest BCUT2D eigenvalue weighted by molar-refractivity contribution is -0.153. The smallest absolute Gasteiger partial charge is 0.326 e. The second kappa shape index (κ2) is 8.08. The number of amides is 1. The first kappa shape index (κ1) is 17.4. The van der Waals surface area contributed by atoms with E-state index in [1.807, 2.05) is 13.8 Å². The van der Waals surface area contributed by atoms with Gasteiger partial charge in [0.05, 0.1) is 0 Å². The molecule has 128 valence electrons. The number of hydrogen-bond donors (Lipinski definition) is 1. The van der Waals surface area contributed by atoms with Gasteiger partial charge in [-0.3, -0.25) is 4.79 Å². The molecule has 1 aromatic heterocycles. The van der Waals surface area contributed by atoms with Gasteiger partial charge >= 0.3 is 5.97 Å². The van der Waals surface area contributed by atoms with Crippen molar-refractivity contribution in [3.05, 3.63) is 11.7 Å². The zero-order valence-electron chi connectivity index (χ0n) is 13.8. The minimum atomic E-state index is -0.911. The second-order valence-corrected chi connectivity index (χ2v) is 6.28. The first-order chi connectivity index (χ1) is 11.0. The van der Waals surface area contributed by atoms with Gasteiger partial charge < -0.3 is 14.5 Å². The molecule has 1 fully saturated rings. The van der Waals surface area contributed by atoms with Gasteiger partial charge in [-0.2, -0.15) is 4.98 Å². The number of piperidine rings is 1. The second-order valence-electron chi connectivity index (χ2n) is 6.28. The summed E-state index contributed by atoms with van der Waals surface area (Å²) in [7, 11) is 0. The highest BCUT2D eigenvalue weighted by molar-refractivity contribution is 5.83. The Labute approximate surface area is 136 Å². The normalized spacial score (nSPS) is 21.4. The van der Waals surface area contributed by atoms with Gasteiger partial charge in [0.25, 0.3) is 0 Å². The number of aryl methyl sites for hydroxylation is 2. The highest BCUT2D eigenvalue weighted by Crippen LogP contribution is 2.23. The summed E-state index contributed by atoms with van der Waals surface area (Å²) in [6.45, 7) is 4.60. The standard InChI is InChI=1S/C16H25N3O4/c1-3-5-13-17-14(23-18-13)6-4-7-15(20)19-9-8-11(2)10-12(19)16(21)22/h11-12H,3-10H2,1-2H3,(H,21,22). The summed E-state index contributed by atoms with van der Waals surface area (Å²) in [5.41, 5.74) is 0. The van der Waals surface area contributed by atoms with Crippen LogP contribution in [0.1, 0.15) is 57.7 Å². The van der Waals surface area contributed by atoms with Crippen LogP contribution in [0, 0.1) is 5.92 Å². The lowest BCUT2D eigenvalue weighted by atomic mass is 9.92. The molecule has 1 N–H and O–H groups in total. The molecule has 2 rings (SSSR count). The predicted molar refractivity (Wildman–Crippen MR) is 82.8 cm³/mol. The Morgan fingerprint density at radius 2 is 2.17 bits per heavy atom. The molecule has 2 atom stereocenters. The van der Waals surface area contributed by atoms with Gasteiger partial charge in [0, 0.05) is 25.8 Å². The van der Waals surface area contributed by atoms with Crippen LogP contribution < -0.4 is 0 Å². The van der Waals surface area contributed by atoms with Gasteiger partial charge in [0.2, 0.25) is 11.8 Å². The number of carbonyl (C=O) groups excluding carboxylic acids is 1. The summed E-state index contributed by atoms with van der Waals surface area (Å²) in [5, 5.41) is 13.2. The molecular weight excluding hydrogens is 298 g/mol. The molecule has 7 nitrogen and oxygen atoms in total. The fourth-order valence-corrected chi connectivity index (χ4v) is 2.93. The van der Waals surface area contributed by atoms with Gasteiger partial charge in [0.1, 0.15) is 6.04 Å². The maximum Gasteiger partial charge on any atom is 0.326 e. The highest BCUT2D eigenvalue weighted by atomic mass is 16.5. The summed E-state index contributed by atoms with van der Waals surface area (Å²) in [6, 6.07) is -0.689. The van der Waals surface area contributed by atoms with E-state index in [9.17, 15) is 14.7 Å². The van der Waals surface area contributed by atoms with Gasteiger partial charge in [-0.05, 0) is 31.6 Å². The first-order valence-corrected chi connectivity index (χ1v) is 8.35. The van der Waals surface area contributed by atoms with Crippen molar-refractivity contribution in [2.75, 3.05) is 6.54 Å². The molecule has 0 bridgehead atoms. The van der Waals surface area contributed by atoms with E-state index in [2.05, 4.69) is 10.1 Å². The van der Waals surface area contributed by atoms with E-state index in [1.54, 1.807) is 0 Å². The predicted octanol–water partition coefficient (Wildman–Crippen LogP) is 2.06. The molecule has 1 aromatic rings. The van der Waals surface area contributed by atoms with Gasteiger partial charge in [-0.1, -0.05) is 19.0 Å².